The van der Waals surface area contributed by atoms with Gasteiger partial charge in [-0.1, -0.05) is 18.2 Å². The van der Waals surface area contributed by atoms with Crippen molar-refractivity contribution in [2.45, 2.75) is 26.8 Å². The number of amides is 1. The van der Waals surface area contributed by atoms with Crippen molar-refractivity contribution in [2.24, 2.45) is 0 Å². The fourth-order valence-corrected chi connectivity index (χ4v) is 2.58. The molecule has 2 aromatic carbocycles. The van der Waals surface area contributed by atoms with Crippen LogP contribution in [0.4, 0.5) is 0 Å². The van der Waals surface area contributed by atoms with E-state index < -0.39 is 0 Å². The molecule has 26 heavy (non-hydrogen) atoms. The molecule has 6 nitrogen and oxygen atoms in total. The Morgan fingerprint density at radius 2 is 1.92 bits per heavy atom. The van der Waals surface area contributed by atoms with Crippen molar-refractivity contribution in [2.75, 3.05) is 6.61 Å². The molecule has 6 heteroatoms. The molecule has 1 atom stereocenters. The number of nitrogens with zero attached hydrogens (tertiary/aromatic N) is 3. The number of nitrogens with one attached hydrogen (secondary N) is 1. The number of ether oxygens (including phenoxy) is 1. The molecular weight excluding hydrogens is 328 g/mol. The van der Waals surface area contributed by atoms with Crippen molar-refractivity contribution in [3.63, 3.8) is 0 Å². The molecule has 3 aromatic rings. The molecule has 0 aliphatic rings. The lowest BCUT2D eigenvalue weighted by atomic mass is 10.1. The van der Waals surface area contributed by atoms with Crippen LogP contribution in [0.5, 0.6) is 5.75 Å². The SMILES string of the molecule is Cc1ccc(OCC(=O)NC(C)c2ccc(-n3cncn3)cc2)cc1C. The van der Waals surface area contributed by atoms with E-state index >= 15 is 0 Å². The minimum absolute atomic E-state index is 0.0100. The highest BCUT2D eigenvalue weighted by Gasteiger charge is 2.11. The van der Waals surface area contributed by atoms with Crippen LogP contribution in [-0.2, 0) is 4.79 Å². The van der Waals surface area contributed by atoms with Crippen LogP contribution in [0.15, 0.2) is 55.1 Å². The first-order chi connectivity index (χ1) is 12.5. The van der Waals surface area contributed by atoms with Gasteiger partial charge in [0.2, 0.25) is 0 Å². The normalized spacial score (nSPS) is 11.8. The highest BCUT2D eigenvalue weighted by atomic mass is 16.5. The van der Waals surface area contributed by atoms with E-state index in [0.29, 0.717) is 5.75 Å². The van der Waals surface area contributed by atoms with Gasteiger partial charge < -0.3 is 10.1 Å². The van der Waals surface area contributed by atoms with E-state index in [9.17, 15) is 4.79 Å². The van der Waals surface area contributed by atoms with Gasteiger partial charge >= 0.3 is 0 Å². The van der Waals surface area contributed by atoms with Crippen molar-refractivity contribution in [3.05, 3.63) is 71.8 Å². The highest BCUT2D eigenvalue weighted by Crippen LogP contribution is 2.17. The van der Waals surface area contributed by atoms with E-state index in [1.165, 1.54) is 11.9 Å². The molecule has 0 saturated heterocycles. The van der Waals surface area contributed by atoms with E-state index in [2.05, 4.69) is 15.4 Å². The fourth-order valence-electron chi connectivity index (χ4n) is 2.58. The summed E-state index contributed by atoms with van der Waals surface area (Å²) in [6.45, 7) is 6.00. The van der Waals surface area contributed by atoms with Crippen LogP contribution in [0, 0.1) is 13.8 Å². The van der Waals surface area contributed by atoms with Gasteiger partial charge in [-0.3, -0.25) is 4.79 Å². The Bertz CT molecular complexity index is 873. The lowest BCUT2D eigenvalue weighted by Gasteiger charge is -2.15. The van der Waals surface area contributed by atoms with Crippen LogP contribution in [0.2, 0.25) is 0 Å². The Kier molecular flexibility index (Phi) is 5.31. The van der Waals surface area contributed by atoms with Crippen molar-refractivity contribution < 1.29 is 9.53 Å². The summed E-state index contributed by atoms with van der Waals surface area (Å²) in [6.07, 6.45) is 3.14. The predicted molar refractivity (Wildman–Crippen MR) is 99.3 cm³/mol. The zero-order valence-electron chi connectivity index (χ0n) is 15.1. The molecule has 0 bridgehead atoms. The molecule has 1 unspecified atom stereocenters. The van der Waals surface area contributed by atoms with Gasteiger partial charge in [-0.2, -0.15) is 5.10 Å². The second-order valence-electron chi connectivity index (χ2n) is 6.26. The molecule has 1 aromatic heterocycles. The molecule has 0 radical (unpaired) electrons. The summed E-state index contributed by atoms with van der Waals surface area (Å²) in [5, 5.41) is 7.04. The van der Waals surface area contributed by atoms with Gasteiger partial charge in [0.25, 0.3) is 5.91 Å². The Hall–Kier alpha value is -3.15. The molecule has 3 rings (SSSR count). The van der Waals surface area contributed by atoms with Crippen molar-refractivity contribution in [1.29, 1.82) is 0 Å². The second kappa shape index (κ2) is 7.82. The number of rotatable bonds is 6. The number of carbonyl (C=O) groups excluding carboxylic acids is 1. The van der Waals surface area contributed by atoms with Crippen molar-refractivity contribution >= 4 is 5.91 Å². The van der Waals surface area contributed by atoms with Gasteiger partial charge in [0.1, 0.15) is 18.4 Å². The smallest absolute Gasteiger partial charge is 0.258 e. The number of aromatic nitrogens is 3. The number of hydrogen-bond acceptors (Lipinski definition) is 4. The molecule has 0 spiro atoms. The predicted octanol–water partition coefficient (Wildman–Crippen LogP) is 3.14. The molecule has 1 heterocycles. The van der Waals surface area contributed by atoms with Crippen LogP contribution in [0.1, 0.15) is 29.7 Å². The molecule has 134 valence electrons. The molecular formula is C20H22N4O2. The second-order valence-corrected chi connectivity index (χ2v) is 6.26. The average Bonchev–Trinajstić information content (AvgIpc) is 3.17. The summed E-state index contributed by atoms with van der Waals surface area (Å²) in [7, 11) is 0. The highest BCUT2D eigenvalue weighted by molar-refractivity contribution is 5.78. The first-order valence-corrected chi connectivity index (χ1v) is 8.47. The molecule has 0 aliphatic carbocycles. The van der Waals surface area contributed by atoms with E-state index in [1.54, 1.807) is 11.0 Å². The summed E-state index contributed by atoms with van der Waals surface area (Å²) >= 11 is 0. The summed E-state index contributed by atoms with van der Waals surface area (Å²) in [4.78, 5) is 16.1. The van der Waals surface area contributed by atoms with Gasteiger partial charge in [-0.15, -0.1) is 0 Å². The third-order valence-electron chi connectivity index (χ3n) is 4.30. The van der Waals surface area contributed by atoms with E-state index in [-0.39, 0.29) is 18.6 Å². The minimum atomic E-state index is -0.156. The number of benzene rings is 2. The van der Waals surface area contributed by atoms with Gasteiger partial charge in [0, 0.05) is 0 Å². The molecule has 0 fully saturated rings. The minimum Gasteiger partial charge on any atom is -0.484 e. The number of aryl methyl sites for hydroxylation is 2. The number of carbonyl (C=O) groups is 1. The Labute approximate surface area is 152 Å². The first-order valence-electron chi connectivity index (χ1n) is 8.47. The van der Waals surface area contributed by atoms with Crippen LogP contribution in [0.3, 0.4) is 0 Å². The summed E-state index contributed by atoms with van der Waals surface area (Å²) < 4.78 is 7.26. The van der Waals surface area contributed by atoms with Crippen molar-refractivity contribution in [3.8, 4) is 11.4 Å². The molecule has 1 N–H and O–H groups in total. The third kappa shape index (κ3) is 4.27. The van der Waals surface area contributed by atoms with Gasteiger partial charge in [-0.25, -0.2) is 9.67 Å². The summed E-state index contributed by atoms with van der Waals surface area (Å²) in [5.74, 6) is 0.546. The van der Waals surface area contributed by atoms with Crippen molar-refractivity contribution in [1.82, 2.24) is 20.1 Å². The van der Waals surface area contributed by atoms with E-state index in [0.717, 1.165) is 16.8 Å². The average molecular weight is 350 g/mol. The summed E-state index contributed by atoms with van der Waals surface area (Å²) in [6, 6.07) is 13.5. The van der Waals surface area contributed by atoms with E-state index in [4.69, 9.17) is 4.74 Å². The lowest BCUT2D eigenvalue weighted by molar-refractivity contribution is -0.123. The summed E-state index contributed by atoms with van der Waals surface area (Å²) in [5.41, 5.74) is 4.27. The quantitative estimate of drug-likeness (QED) is 0.741. The monoisotopic (exact) mass is 350 g/mol. The van der Waals surface area contributed by atoms with Gasteiger partial charge in [0.15, 0.2) is 6.61 Å². The Morgan fingerprint density at radius 3 is 2.58 bits per heavy atom. The van der Waals surface area contributed by atoms with E-state index in [1.807, 2.05) is 63.2 Å². The van der Waals surface area contributed by atoms with Gasteiger partial charge in [0.05, 0.1) is 11.7 Å². The van der Waals surface area contributed by atoms with Crippen LogP contribution >= 0.6 is 0 Å². The fraction of sp³-hybridized carbons (Fsp3) is 0.250. The van der Waals surface area contributed by atoms with Crippen LogP contribution in [0.25, 0.3) is 5.69 Å². The van der Waals surface area contributed by atoms with Crippen LogP contribution in [-0.4, -0.2) is 27.3 Å². The zero-order chi connectivity index (χ0) is 18.5. The Balaban J connectivity index is 1.54. The molecule has 1 amide bonds. The maximum atomic E-state index is 12.1. The Morgan fingerprint density at radius 1 is 1.15 bits per heavy atom. The van der Waals surface area contributed by atoms with Crippen LogP contribution < -0.4 is 10.1 Å². The van der Waals surface area contributed by atoms with Gasteiger partial charge in [-0.05, 0) is 61.7 Å². The topological polar surface area (TPSA) is 69.0 Å². The number of hydrogen-bond donors (Lipinski definition) is 1. The molecule has 0 saturated carbocycles. The third-order valence-corrected chi connectivity index (χ3v) is 4.30. The molecule has 0 aliphatic heterocycles. The lowest BCUT2D eigenvalue weighted by Crippen LogP contribution is -2.31. The zero-order valence-corrected chi connectivity index (χ0v) is 15.1. The largest absolute Gasteiger partial charge is 0.484 e. The maximum Gasteiger partial charge on any atom is 0.258 e. The standard InChI is InChI=1S/C20H22N4O2/c1-14-4-9-19(10-15(14)2)26-11-20(25)23-16(3)17-5-7-18(8-6-17)24-13-21-12-22-24/h4-10,12-13,16H,11H2,1-3H3,(H,23,25). The first kappa shape index (κ1) is 17.7. The maximum absolute atomic E-state index is 12.1.